The summed E-state index contributed by atoms with van der Waals surface area (Å²) >= 11 is 0. The zero-order valence-corrected chi connectivity index (χ0v) is 8.59. The van der Waals surface area contributed by atoms with Gasteiger partial charge in [0.05, 0.1) is 0 Å². The molecule has 14 heavy (non-hydrogen) atoms. The molecule has 0 saturated carbocycles. The minimum absolute atomic E-state index is 0.385. The second-order valence-electron chi connectivity index (χ2n) is 3.42. The van der Waals surface area contributed by atoms with E-state index in [0.29, 0.717) is 18.6 Å². The van der Waals surface area contributed by atoms with Gasteiger partial charge in [0.2, 0.25) is 0 Å². The highest BCUT2D eigenvalue weighted by atomic mass is 16.3. The van der Waals surface area contributed by atoms with Crippen molar-refractivity contribution in [3.63, 3.8) is 0 Å². The van der Waals surface area contributed by atoms with E-state index in [2.05, 4.69) is 13.2 Å². The van der Waals surface area contributed by atoms with Gasteiger partial charge in [-0.25, -0.2) is 0 Å². The number of phenolic OH excluding ortho intramolecular Hbond substituents is 1. The van der Waals surface area contributed by atoms with Gasteiger partial charge in [0.1, 0.15) is 5.75 Å². The van der Waals surface area contributed by atoms with Crippen molar-refractivity contribution >= 4 is 0 Å². The Kier molecular flexibility index (Phi) is 3.52. The molecule has 0 amide bonds. The lowest BCUT2D eigenvalue weighted by molar-refractivity contribution is 0.464. The van der Waals surface area contributed by atoms with Crippen molar-refractivity contribution in [2.45, 2.75) is 19.8 Å². The molecule has 0 unspecified atom stereocenters. The average Bonchev–Trinajstić information content (AvgIpc) is 2.14. The van der Waals surface area contributed by atoms with Crippen molar-refractivity contribution in [1.29, 1.82) is 0 Å². The molecule has 1 rings (SSSR count). The van der Waals surface area contributed by atoms with Gasteiger partial charge in [-0.05, 0) is 30.9 Å². The SMILES string of the molecule is C=CCc1cc(C)cc(CC=C)c1O. The highest BCUT2D eigenvalue weighted by Crippen LogP contribution is 2.25. The summed E-state index contributed by atoms with van der Waals surface area (Å²) in [4.78, 5) is 0. The molecule has 1 aromatic carbocycles. The van der Waals surface area contributed by atoms with E-state index in [1.807, 2.05) is 19.1 Å². The minimum atomic E-state index is 0.385. The quantitative estimate of drug-likeness (QED) is 0.719. The van der Waals surface area contributed by atoms with Crippen LogP contribution in [-0.4, -0.2) is 5.11 Å². The molecule has 1 heteroatoms. The molecule has 0 aliphatic carbocycles. The Morgan fingerprint density at radius 3 is 1.93 bits per heavy atom. The van der Waals surface area contributed by atoms with Crippen LogP contribution in [0.2, 0.25) is 0 Å². The number of allylic oxidation sites excluding steroid dienone is 2. The number of phenols is 1. The van der Waals surface area contributed by atoms with Crippen molar-refractivity contribution in [3.8, 4) is 5.75 Å². The first-order valence-electron chi connectivity index (χ1n) is 4.72. The highest BCUT2D eigenvalue weighted by Gasteiger charge is 2.05. The van der Waals surface area contributed by atoms with Gasteiger partial charge >= 0.3 is 0 Å². The molecule has 1 aromatic rings. The summed E-state index contributed by atoms with van der Waals surface area (Å²) in [6, 6.07) is 3.98. The van der Waals surface area contributed by atoms with Crippen molar-refractivity contribution in [1.82, 2.24) is 0 Å². The van der Waals surface area contributed by atoms with Gasteiger partial charge in [0, 0.05) is 0 Å². The number of aryl methyl sites for hydroxylation is 1. The maximum absolute atomic E-state index is 9.88. The molecule has 0 heterocycles. The summed E-state index contributed by atoms with van der Waals surface area (Å²) in [7, 11) is 0. The van der Waals surface area contributed by atoms with Crippen LogP contribution in [-0.2, 0) is 12.8 Å². The summed E-state index contributed by atoms with van der Waals surface area (Å²) in [5.74, 6) is 0.385. The lowest BCUT2D eigenvalue weighted by atomic mass is 10.0. The molecule has 0 spiro atoms. The van der Waals surface area contributed by atoms with Gasteiger partial charge in [-0.3, -0.25) is 0 Å². The van der Waals surface area contributed by atoms with Crippen LogP contribution >= 0.6 is 0 Å². The Morgan fingerprint density at radius 2 is 1.57 bits per heavy atom. The molecule has 0 aliphatic rings. The molecule has 0 aliphatic heterocycles. The first kappa shape index (κ1) is 10.6. The van der Waals surface area contributed by atoms with Crippen molar-refractivity contribution in [2.24, 2.45) is 0 Å². The van der Waals surface area contributed by atoms with Crippen molar-refractivity contribution < 1.29 is 5.11 Å². The van der Waals surface area contributed by atoms with Crippen LogP contribution in [0.4, 0.5) is 0 Å². The first-order chi connectivity index (χ1) is 6.69. The Morgan fingerprint density at radius 1 is 1.14 bits per heavy atom. The van der Waals surface area contributed by atoms with Gasteiger partial charge in [-0.2, -0.15) is 0 Å². The molecule has 0 saturated heterocycles. The van der Waals surface area contributed by atoms with Crippen LogP contribution in [0.25, 0.3) is 0 Å². The maximum atomic E-state index is 9.88. The fourth-order valence-electron chi connectivity index (χ4n) is 1.56. The third-order valence-electron chi connectivity index (χ3n) is 2.14. The second-order valence-corrected chi connectivity index (χ2v) is 3.42. The Hall–Kier alpha value is -1.50. The van der Waals surface area contributed by atoms with E-state index in [1.54, 1.807) is 12.2 Å². The predicted octanol–water partition coefficient (Wildman–Crippen LogP) is 3.16. The second kappa shape index (κ2) is 4.66. The standard InChI is InChI=1S/C13H16O/c1-4-6-11-8-10(3)9-12(7-5-2)13(11)14/h4-5,8-9,14H,1-2,6-7H2,3H3. The van der Waals surface area contributed by atoms with E-state index in [1.165, 1.54) is 0 Å². The smallest absolute Gasteiger partial charge is 0.122 e. The van der Waals surface area contributed by atoms with Crippen molar-refractivity contribution in [3.05, 3.63) is 54.1 Å². The summed E-state index contributed by atoms with van der Waals surface area (Å²) in [6.45, 7) is 9.37. The van der Waals surface area contributed by atoms with Crippen LogP contribution in [0.3, 0.4) is 0 Å². The van der Waals surface area contributed by atoms with Crippen molar-refractivity contribution in [2.75, 3.05) is 0 Å². The number of benzene rings is 1. The number of hydrogen-bond donors (Lipinski definition) is 1. The maximum Gasteiger partial charge on any atom is 0.122 e. The first-order valence-corrected chi connectivity index (χ1v) is 4.72. The van der Waals surface area contributed by atoms with E-state index in [4.69, 9.17) is 0 Å². The Bertz CT molecular complexity index is 319. The third kappa shape index (κ3) is 2.25. The van der Waals surface area contributed by atoms with Crippen LogP contribution in [0.5, 0.6) is 5.75 Å². The van der Waals surface area contributed by atoms with Gasteiger partial charge < -0.3 is 5.11 Å². The van der Waals surface area contributed by atoms with Crippen LogP contribution in [0, 0.1) is 6.92 Å². The van der Waals surface area contributed by atoms with Gasteiger partial charge in [0.15, 0.2) is 0 Å². The predicted molar refractivity (Wildman–Crippen MR) is 60.6 cm³/mol. The molecule has 0 atom stereocenters. The molecule has 0 aromatic heterocycles. The van der Waals surface area contributed by atoms with E-state index < -0.39 is 0 Å². The lowest BCUT2D eigenvalue weighted by Gasteiger charge is -2.08. The highest BCUT2D eigenvalue weighted by molar-refractivity contribution is 5.45. The van der Waals surface area contributed by atoms with E-state index in [9.17, 15) is 5.11 Å². The fourth-order valence-corrected chi connectivity index (χ4v) is 1.56. The monoisotopic (exact) mass is 188 g/mol. The molecule has 1 N–H and O–H groups in total. The topological polar surface area (TPSA) is 20.2 Å². The molecule has 0 bridgehead atoms. The summed E-state index contributed by atoms with van der Waals surface area (Å²) in [6.07, 6.45) is 5.01. The summed E-state index contributed by atoms with van der Waals surface area (Å²) in [5.41, 5.74) is 3.05. The molecular weight excluding hydrogens is 172 g/mol. The van der Waals surface area contributed by atoms with E-state index in [0.717, 1.165) is 16.7 Å². The Balaban J connectivity index is 3.16. The summed E-state index contributed by atoms with van der Waals surface area (Å²) < 4.78 is 0. The van der Waals surface area contributed by atoms with E-state index >= 15 is 0 Å². The van der Waals surface area contributed by atoms with Crippen LogP contribution in [0.1, 0.15) is 16.7 Å². The molecule has 1 nitrogen and oxygen atoms in total. The van der Waals surface area contributed by atoms with Gasteiger partial charge in [-0.1, -0.05) is 29.8 Å². The van der Waals surface area contributed by atoms with Gasteiger partial charge in [0.25, 0.3) is 0 Å². The number of hydrogen-bond acceptors (Lipinski definition) is 1. The lowest BCUT2D eigenvalue weighted by Crippen LogP contribution is -1.91. The number of aromatic hydroxyl groups is 1. The Labute approximate surface area is 85.4 Å². The minimum Gasteiger partial charge on any atom is -0.507 e. The summed E-state index contributed by atoms with van der Waals surface area (Å²) in [5, 5.41) is 9.88. The zero-order chi connectivity index (χ0) is 10.6. The van der Waals surface area contributed by atoms with Crippen LogP contribution < -0.4 is 0 Å². The molecule has 0 fully saturated rings. The van der Waals surface area contributed by atoms with E-state index in [-0.39, 0.29) is 0 Å². The zero-order valence-electron chi connectivity index (χ0n) is 8.59. The largest absolute Gasteiger partial charge is 0.507 e. The van der Waals surface area contributed by atoms with Crippen LogP contribution in [0.15, 0.2) is 37.4 Å². The third-order valence-corrected chi connectivity index (χ3v) is 2.14. The molecule has 0 radical (unpaired) electrons. The van der Waals surface area contributed by atoms with Gasteiger partial charge in [-0.15, -0.1) is 13.2 Å². The molecule has 74 valence electrons. The number of rotatable bonds is 4. The normalized spacial score (nSPS) is 9.79. The fraction of sp³-hybridized carbons (Fsp3) is 0.231. The molecular formula is C13H16O. The average molecular weight is 188 g/mol.